The average Bonchev–Trinajstić information content (AvgIpc) is 2.98. The number of thioether (sulfide) groups is 1. The minimum Gasteiger partial charge on any atom is -0.494 e. The summed E-state index contributed by atoms with van der Waals surface area (Å²) in [5.74, 6) is -0.316. The van der Waals surface area contributed by atoms with Crippen molar-refractivity contribution in [1.29, 1.82) is 0 Å². The highest BCUT2D eigenvalue weighted by molar-refractivity contribution is 7.98. The van der Waals surface area contributed by atoms with E-state index in [1.54, 1.807) is 67.6 Å². The first-order valence-electron chi connectivity index (χ1n) is 13.3. The predicted molar refractivity (Wildman–Crippen MR) is 165 cm³/mol. The summed E-state index contributed by atoms with van der Waals surface area (Å²) in [6, 6.07) is 19.2. The number of carbonyl (C=O) groups is 2. The molecule has 3 aromatic carbocycles. The second kappa shape index (κ2) is 15.1. The van der Waals surface area contributed by atoms with Crippen molar-refractivity contribution in [2.75, 3.05) is 30.3 Å². The molecule has 0 aliphatic carbocycles. The van der Waals surface area contributed by atoms with Crippen LogP contribution in [0.4, 0.5) is 5.69 Å². The van der Waals surface area contributed by atoms with E-state index in [2.05, 4.69) is 5.32 Å². The van der Waals surface area contributed by atoms with Crippen LogP contribution in [0.3, 0.4) is 0 Å². The number of nitrogens with zero attached hydrogens (tertiary/aromatic N) is 2. The Morgan fingerprint density at radius 1 is 1.00 bits per heavy atom. The van der Waals surface area contributed by atoms with Gasteiger partial charge >= 0.3 is 0 Å². The molecule has 220 valence electrons. The maximum atomic E-state index is 14.0. The van der Waals surface area contributed by atoms with Gasteiger partial charge in [0.15, 0.2) is 0 Å². The lowest BCUT2D eigenvalue weighted by atomic mass is 10.1. The second-order valence-corrected chi connectivity index (χ2v) is 12.3. The normalized spacial score (nSPS) is 11.9. The van der Waals surface area contributed by atoms with Gasteiger partial charge in [-0.05, 0) is 86.7 Å². The van der Waals surface area contributed by atoms with Crippen molar-refractivity contribution in [2.45, 2.75) is 49.6 Å². The molecule has 0 spiro atoms. The van der Waals surface area contributed by atoms with Crippen molar-refractivity contribution in [1.82, 2.24) is 10.2 Å². The first-order valence-corrected chi connectivity index (χ1v) is 16.4. The van der Waals surface area contributed by atoms with Gasteiger partial charge in [0.1, 0.15) is 18.3 Å². The number of halogens is 1. The van der Waals surface area contributed by atoms with Crippen molar-refractivity contribution in [3.8, 4) is 5.75 Å². The fraction of sp³-hybridized carbons (Fsp3) is 0.333. The summed E-state index contributed by atoms with van der Waals surface area (Å²) < 4.78 is 34.5. The molecular formula is C30H36ClN3O5S2. The fourth-order valence-corrected chi connectivity index (χ4v) is 6.09. The summed E-state index contributed by atoms with van der Waals surface area (Å²) in [4.78, 5) is 29.3. The molecule has 0 heterocycles. The molecule has 0 saturated carbocycles. The number of ether oxygens (including phenoxy) is 1. The van der Waals surface area contributed by atoms with Gasteiger partial charge in [0.25, 0.3) is 10.0 Å². The van der Waals surface area contributed by atoms with Crippen LogP contribution < -0.4 is 14.4 Å². The smallest absolute Gasteiger partial charge is 0.264 e. The summed E-state index contributed by atoms with van der Waals surface area (Å²) >= 11 is 7.90. The van der Waals surface area contributed by atoms with Crippen molar-refractivity contribution in [2.24, 2.45) is 0 Å². The Morgan fingerprint density at radius 2 is 1.66 bits per heavy atom. The van der Waals surface area contributed by atoms with Gasteiger partial charge in [-0.2, -0.15) is 0 Å². The topological polar surface area (TPSA) is 96.0 Å². The molecule has 1 N–H and O–H groups in total. The molecule has 41 heavy (non-hydrogen) atoms. The van der Waals surface area contributed by atoms with E-state index < -0.39 is 28.5 Å². The molecular weight excluding hydrogens is 582 g/mol. The number of carbonyl (C=O) groups excluding carboxylic acids is 2. The lowest BCUT2D eigenvalue weighted by Crippen LogP contribution is -2.51. The summed E-state index contributed by atoms with van der Waals surface area (Å²) in [6.45, 7) is 5.81. The van der Waals surface area contributed by atoms with Gasteiger partial charge < -0.3 is 15.0 Å². The minimum absolute atomic E-state index is 0.0266. The summed E-state index contributed by atoms with van der Waals surface area (Å²) in [7, 11) is -4.16. The van der Waals surface area contributed by atoms with Crippen molar-refractivity contribution >= 4 is 50.9 Å². The highest BCUT2D eigenvalue weighted by Crippen LogP contribution is 2.28. The first kappa shape index (κ1) is 32.3. The summed E-state index contributed by atoms with van der Waals surface area (Å²) in [6.07, 6.45) is 2.63. The zero-order chi connectivity index (χ0) is 30.0. The van der Waals surface area contributed by atoms with Crippen LogP contribution in [0.25, 0.3) is 0 Å². The van der Waals surface area contributed by atoms with Crippen molar-refractivity contribution < 1.29 is 22.7 Å². The lowest BCUT2D eigenvalue weighted by molar-refractivity contribution is -0.139. The Kier molecular flexibility index (Phi) is 11.9. The third-order valence-corrected chi connectivity index (χ3v) is 9.28. The van der Waals surface area contributed by atoms with E-state index in [1.165, 1.54) is 28.8 Å². The van der Waals surface area contributed by atoms with E-state index in [9.17, 15) is 18.0 Å². The largest absolute Gasteiger partial charge is 0.494 e. The molecule has 0 radical (unpaired) electrons. The molecule has 1 atom stereocenters. The van der Waals surface area contributed by atoms with E-state index in [0.717, 1.165) is 15.6 Å². The monoisotopic (exact) mass is 617 g/mol. The fourth-order valence-electron chi connectivity index (χ4n) is 4.07. The second-order valence-electron chi connectivity index (χ2n) is 9.19. The molecule has 11 heteroatoms. The van der Waals surface area contributed by atoms with Crippen LogP contribution in [-0.2, 0) is 26.2 Å². The van der Waals surface area contributed by atoms with E-state index >= 15 is 0 Å². The molecule has 0 aliphatic heterocycles. The highest BCUT2D eigenvalue weighted by atomic mass is 35.5. The standard InChI is InChI=1S/C30H36ClN3O5S2/c1-5-19-32-30(36)22(3)33(20-23-9-7-8-10-28(23)31)29(35)21-34(24-11-13-25(14-12-24)39-6-2)41(37,38)27-17-15-26(40-4)16-18-27/h7-18,22H,5-6,19-21H2,1-4H3,(H,32,36)/t22-/m0/s1. The number of nitrogens with one attached hydrogen (secondary N) is 1. The van der Waals surface area contributed by atoms with Crippen LogP contribution in [0.2, 0.25) is 5.02 Å². The van der Waals surface area contributed by atoms with Crippen LogP contribution in [-0.4, -0.2) is 57.1 Å². The highest BCUT2D eigenvalue weighted by Gasteiger charge is 2.32. The number of rotatable bonds is 14. The molecule has 8 nitrogen and oxygen atoms in total. The molecule has 0 bridgehead atoms. The lowest BCUT2D eigenvalue weighted by Gasteiger charge is -2.32. The van der Waals surface area contributed by atoms with E-state index in [-0.39, 0.29) is 23.0 Å². The Bertz CT molecular complexity index is 1420. The van der Waals surface area contributed by atoms with Crippen LogP contribution >= 0.6 is 23.4 Å². The minimum atomic E-state index is -4.16. The molecule has 3 aromatic rings. The van der Waals surface area contributed by atoms with Gasteiger partial charge in [0, 0.05) is 23.0 Å². The average molecular weight is 618 g/mol. The number of benzene rings is 3. The van der Waals surface area contributed by atoms with Crippen molar-refractivity contribution in [3.63, 3.8) is 0 Å². The van der Waals surface area contributed by atoms with Gasteiger partial charge in [-0.25, -0.2) is 8.42 Å². The summed E-state index contributed by atoms with van der Waals surface area (Å²) in [5.41, 5.74) is 0.928. The van der Waals surface area contributed by atoms with Crippen LogP contribution in [0.5, 0.6) is 5.75 Å². The van der Waals surface area contributed by atoms with Crippen LogP contribution in [0, 0.1) is 0 Å². The SMILES string of the molecule is CCCNC(=O)[C@H](C)N(Cc1ccccc1Cl)C(=O)CN(c1ccc(OCC)cc1)S(=O)(=O)c1ccc(SC)cc1. The zero-order valence-electron chi connectivity index (χ0n) is 23.7. The van der Waals surface area contributed by atoms with E-state index in [0.29, 0.717) is 29.5 Å². The Balaban J connectivity index is 2.03. The Labute approximate surface area is 252 Å². The zero-order valence-corrected chi connectivity index (χ0v) is 26.1. The molecule has 0 aromatic heterocycles. The molecule has 2 amide bonds. The maximum Gasteiger partial charge on any atom is 0.264 e. The number of anilines is 1. The van der Waals surface area contributed by atoms with E-state index in [4.69, 9.17) is 16.3 Å². The number of sulfonamides is 1. The number of hydrogen-bond donors (Lipinski definition) is 1. The van der Waals surface area contributed by atoms with Crippen LogP contribution in [0.1, 0.15) is 32.8 Å². The summed E-state index contributed by atoms with van der Waals surface area (Å²) in [5, 5.41) is 3.27. The van der Waals surface area contributed by atoms with Gasteiger partial charge in [0.2, 0.25) is 11.8 Å². The quantitative estimate of drug-likeness (QED) is 0.237. The first-order chi connectivity index (χ1) is 19.6. The number of amides is 2. The molecule has 3 rings (SSSR count). The third-order valence-electron chi connectivity index (χ3n) is 6.38. The number of hydrogen-bond acceptors (Lipinski definition) is 6. The third kappa shape index (κ3) is 8.40. The van der Waals surface area contributed by atoms with Crippen LogP contribution in [0.15, 0.2) is 82.6 Å². The molecule has 0 unspecified atom stereocenters. The molecule has 0 saturated heterocycles. The Morgan fingerprint density at radius 3 is 2.24 bits per heavy atom. The Hall–Kier alpha value is -3.21. The van der Waals surface area contributed by atoms with E-state index in [1.807, 2.05) is 20.1 Å². The van der Waals surface area contributed by atoms with Crippen molar-refractivity contribution in [3.05, 3.63) is 83.4 Å². The molecule has 0 aliphatic rings. The van der Waals surface area contributed by atoms with Gasteiger partial charge in [-0.15, -0.1) is 11.8 Å². The predicted octanol–water partition coefficient (Wildman–Crippen LogP) is 5.60. The van der Waals surface area contributed by atoms with Gasteiger partial charge in [0.05, 0.1) is 17.2 Å². The maximum absolute atomic E-state index is 14.0. The van der Waals surface area contributed by atoms with Gasteiger partial charge in [-0.1, -0.05) is 36.7 Å². The molecule has 0 fully saturated rings. The van der Waals surface area contributed by atoms with Gasteiger partial charge in [-0.3, -0.25) is 13.9 Å².